The highest BCUT2D eigenvalue weighted by molar-refractivity contribution is 5.55. The van der Waals surface area contributed by atoms with Gasteiger partial charge in [0.25, 0.3) is 0 Å². The quantitative estimate of drug-likeness (QED) is 0.550. The van der Waals surface area contributed by atoms with Gasteiger partial charge in [0.15, 0.2) is 0 Å². The zero-order valence-corrected chi connectivity index (χ0v) is 9.33. The van der Waals surface area contributed by atoms with Crippen LogP contribution < -0.4 is 5.32 Å². The first kappa shape index (κ1) is 12.5. The van der Waals surface area contributed by atoms with Crippen LogP contribution in [0.25, 0.3) is 0 Å². The Hall–Kier alpha value is -1.51. The molecule has 0 amide bonds. The second kappa shape index (κ2) is 8.10. The maximum absolute atomic E-state index is 3.73. The van der Waals surface area contributed by atoms with Crippen molar-refractivity contribution in [2.24, 2.45) is 4.99 Å². The highest BCUT2D eigenvalue weighted by atomic mass is 14.9. The number of H-pyrrole nitrogens is 1. The number of aromatic nitrogens is 1. The van der Waals surface area contributed by atoms with E-state index in [0.29, 0.717) is 0 Å². The lowest BCUT2D eigenvalue weighted by atomic mass is 10.4. The minimum Gasteiger partial charge on any atom is -0.367 e. The number of aryl methyl sites for hydroxylation is 1. The van der Waals surface area contributed by atoms with E-state index in [9.17, 15) is 0 Å². The van der Waals surface area contributed by atoms with Gasteiger partial charge < -0.3 is 10.3 Å². The molecule has 0 unspecified atom stereocenters. The van der Waals surface area contributed by atoms with E-state index in [2.05, 4.69) is 22.2 Å². The van der Waals surface area contributed by atoms with Gasteiger partial charge in [0, 0.05) is 25.6 Å². The summed E-state index contributed by atoms with van der Waals surface area (Å²) < 4.78 is 0. The molecule has 0 aliphatic heterocycles. The van der Waals surface area contributed by atoms with Gasteiger partial charge in [-0.1, -0.05) is 5.57 Å². The van der Waals surface area contributed by atoms with Crippen molar-refractivity contribution in [2.75, 3.05) is 7.05 Å². The lowest BCUT2D eigenvalue weighted by Gasteiger charge is -1.87. The summed E-state index contributed by atoms with van der Waals surface area (Å²) in [4.78, 5) is 6.66. The van der Waals surface area contributed by atoms with Crippen molar-refractivity contribution in [2.45, 2.75) is 20.8 Å². The van der Waals surface area contributed by atoms with Gasteiger partial charge in [-0.3, -0.25) is 4.99 Å². The summed E-state index contributed by atoms with van der Waals surface area (Å²) in [6, 6.07) is 2.03. The summed E-state index contributed by atoms with van der Waals surface area (Å²) in [6.45, 7) is 6.10. The van der Waals surface area contributed by atoms with Crippen LogP contribution in [0.2, 0.25) is 0 Å². The summed E-state index contributed by atoms with van der Waals surface area (Å²) in [6.07, 6.45) is 7.41. The van der Waals surface area contributed by atoms with Gasteiger partial charge in [-0.15, -0.1) is 0 Å². The Morgan fingerprint density at radius 3 is 2.50 bits per heavy atom. The smallest absolute Gasteiger partial charge is 0.0859 e. The molecule has 0 saturated heterocycles. The minimum absolute atomic E-state index is 1.24. The largest absolute Gasteiger partial charge is 0.367 e. The van der Waals surface area contributed by atoms with E-state index in [-0.39, 0.29) is 0 Å². The zero-order chi connectivity index (χ0) is 10.8. The molecule has 0 atom stereocenters. The van der Waals surface area contributed by atoms with Crippen molar-refractivity contribution in [3.8, 4) is 0 Å². The average molecular weight is 193 g/mol. The average Bonchev–Trinajstić information content (AvgIpc) is 2.57. The van der Waals surface area contributed by atoms with E-state index < -0.39 is 0 Å². The first-order valence-corrected chi connectivity index (χ1v) is 4.56. The fourth-order valence-electron chi connectivity index (χ4n) is 0.686. The van der Waals surface area contributed by atoms with Crippen LogP contribution in [-0.4, -0.2) is 18.4 Å². The number of nitrogens with one attached hydrogen (secondary N) is 2. The molecule has 0 saturated carbocycles. The van der Waals surface area contributed by atoms with Gasteiger partial charge in [-0.2, -0.15) is 0 Å². The molecule has 1 aromatic heterocycles. The summed E-state index contributed by atoms with van der Waals surface area (Å²) in [7, 11) is 1.73. The number of nitrogens with zero attached hydrogens (tertiary/aromatic N) is 1. The second-order valence-electron chi connectivity index (χ2n) is 3.16. The molecule has 0 fully saturated rings. The normalized spacial score (nSPS) is 9.14. The molecule has 3 heteroatoms. The predicted molar refractivity (Wildman–Crippen MR) is 62.5 cm³/mol. The molecule has 78 valence electrons. The monoisotopic (exact) mass is 193 g/mol. The van der Waals surface area contributed by atoms with Crippen LogP contribution >= 0.6 is 0 Å². The predicted octanol–water partition coefficient (Wildman–Crippen LogP) is 2.48. The van der Waals surface area contributed by atoms with Crippen LogP contribution in [0.15, 0.2) is 35.2 Å². The van der Waals surface area contributed by atoms with E-state index in [1.165, 1.54) is 11.1 Å². The molecular weight excluding hydrogens is 174 g/mol. The third-order valence-electron chi connectivity index (χ3n) is 1.33. The molecule has 0 aromatic carbocycles. The van der Waals surface area contributed by atoms with Crippen LogP contribution in [0, 0.1) is 6.92 Å². The van der Waals surface area contributed by atoms with E-state index in [0.717, 1.165) is 0 Å². The molecule has 1 aromatic rings. The van der Waals surface area contributed by atoms with E-state index in [4.69, 9.17) is 0 Å². The van der Waals surface area contributed by atoms with Crippen molar-refractivity contribution in [1.82, 2.24) is 10.3 Å². The van der Waals surface area contributed by atoms with Gasteiger partial charge in [-0.05, 0) is 32.4 Å². The summed E-state index contributed by atoms with van der Waals surface area (Å²) in [5.41, 5.74) is 2.53. The highest BCUT2D eigenvalue weighted by Gasteiger charge is 1.73. The molecule has 0 radical (unpaired) electrons. The van der Waals surface area contributed by atoms with E-state index in [1.54, 1.807) is 13.4 Å². The molecule has 1 rings (SSSR count). The van der Waals surface area contributed by atoms with Crippen LogP contribution in [0.1, 0.15) is 19.4 Å². The minimum atomic E-state index is 1.24. The SMILES string of the molecule is CN=CNC=C(C)C.Cc1cc[nH]c1. The first-order valence-electron chi connectivity index (χ1n) is 4.56. The Morgan fingerprint density at radius 2 is 2.21 bits per heavy atom. The summed E-state index contributed by atoms with van der Waals surface area (Å²) in [5, 5.41) is 2.88. The van der Waals surface area contributed by atoms with Gasteiger partial charge in [-0.25, -0.2) is 0 Å². The summed E-state index contributed by atoms with van der Waals surface area (Å²) in [5.74, 6) is 0. The highest BCUT2D eigenvalue weighted by Crippen LogP contribution is 1.88. The third-order valence-corrected chi connectivity index (χ3v) is 1.33. The molecule has 0 aliphatic rings. The number of aromatic amines is 1. The molecule has 0 bridgehead atoms. The van der Waals surface area contributed by atoms with Gasteiger partial charge in [0.1, 0.15) is 0 Å². The van der Waals surface area contributed by atoms with Crippen molar-refractivity contribution >= 4 is 6.34 Å². The lowest BCUT2D eigenvalue weighted by molar-refractivity contribution is 1.22. The standard InChI is InChI=1S/C6H12N2.C5H7N/c1-6(2)4-8-5-7-3;1-5-2-3-6-4-5/h4-5H,1-3H3,(H,7,8);2-4,6H,1H3. The van der Waals surface area contributed by atoms with Crippen LogP contribution in [-0.2, 0) is 0 Å². The Labute approximate surface area is 86.0 Å². The van der Waals surface area contributed by atoms with Crippen molar-refractivity contribution in [1.29, 1.82) is 0 Å². The molecule has 14 heavy (non-hydrogen) atoms. The molecule has 1 heterocycles. The fourth-order valence-corrected chi connectivity index (χ4v) is 0.686. The molecule has 2 N–H and O–H groups in total. The Morgan fingerprint density at radius 1 is 1.50 bits per heavy atom. The number of hydrogen-bond acceptors (Lipinski definition) is 1. The second-order valence-corrected chi connectivity index (χ2v) is 3.16. The van der Waals surface area contributed by atoms with Gasteiger partial charge in [0.05, 0.1) is 6.34 Å². The maximum Gasteiger partial charge on any atom is 0.0859 e. The number of allylic oxidation sites excluding steroid dienone is 1. The molecule has 0 aliphatic carbocycles. The fraction of sp³-hybridized carbons (Fsp3) is 0.364. The number of aliphatic imine (C=N–C) groups is 1. The number of rotatable bonds is 2. The van der Waals surface area contributed by atoms with Crippen molar-refractivity contribution in [3.05, 3.63) is 35.8 Å². The Kier molecular flexibility index (Phi) is 7.23. The van der Waals surface area contributed by atoms with Crippen LogP contribution in [0.5, 0.6) is 0 Å². The summed E-state index contributed by atoms with van der Waals surface area (Å²) >= 11 is 0. The van der Waals surface area contributed by atoms with E-state index >= 15 is 0 Å². The van der Waals surface area contributed by atoms with Crippen molar-refractivity contribution < 1.29 is 0 Å². The Balaban J connectivity index is 0.000000249. The number of hydrogen-bond donors (Lipinski definition) is 2. The lowest BCUT2D eigenvalue weighted by Crippen LogP contribution is -1.99. The molecule has 3 nitrogen and oxygen atoms in total. The van der Waals surface area contributed by atoms with Crippen LogP contribution in [0.4, 0.5) is 0 Å². The third kappa shape index (κ3) is 8.59. The molecular formula is C11H19N3. The topological polar surface area (TPSA) is 40.2 Å². The Bertz CT molecular complexity index is 267. The van der Waals surface area contributed by atoms with Crippen LogP contribution in [0.3, 0.4) is 0 Å². The molecule has 0 spiro atoms. The maximum atomic E-state index is 3.73. The van der Waals surface area contributed by atoms with Crippen molar-refractivity contribution in [3.63, 3.8) is 0 Å². The van der Waals surface area contributed by atoms with Gasteiger partial charge >= 0.3 is 0 Å². The first-order chi connectivity index (χ1) is 6.66. The van der Waals surface area contributed by atoms with Gasteiger partial charge in [0.2, 0.25) is 0 Å². The zero-order valence-electron chi connectivity index (χ0n) is 9.33. The van der Waals surface area contributed by atoms with E-state index in [1.807, 2.05) is 38.5 Å².